The van der Waals surface area contributed by atoms with Gasteiger partial charge in [-0.3, -0.25) is 4.79 Å². The number of halogens is 1. The minimum absolute atomic E-state index is 0.0199. The molecule has 0 radical (unpaired) electrons. The van der Waals surface area contributed by atoms with Gasteiger partial charge in [0, 0.05) is 9.13 Å². The van der Waals surface area contributed by atoms with Crippen LogP contribution in [0.3, 0.4) is 0 Å². The quantitative estimate of drug-likeness (QED) is 0.648. The standard InChI is InChI=1S/C14H7IN4O3/c15-8-2-6(1-7(3-8)14(21)22)11-9(4-16)12(18)19-13(20)10(11)5-17/h1-3H,(H,21,22)(H3,18,19,20). The first kappa shape index (κ1) is 15.5. The summed E-state index contributed by atoms with van der Waals surface area (Å²) in [5.41, 5.74) is 4.82. The lowest BCUT2D eigenvalue weighted by Gasteiger charge is -2.10. The van der Waals surface area contributed by atoms with Gasteiger partial charge in [-0.1, -0.05) is 0 Å². The third-order valence-corrected chi connectivity index (χ3v) is 3.52. The summed E-state index contributed by atoms with van der Waals surface area (Å²) < 4.78 is 0.583. The van der Waals surface area contributed by atoms with E-state index in [0.29, 0.717) is 3.57 Å². The molecule has 0 fully saturated rings. The molecule has 7 nitrogen and oxygen atoms in total. The van der Waals surface area contributed by atoms with Crippen LogP contribution >= 0.6 is 22.6 Å². The first-order valence-electron chi connectivity index (χ1n) is 5.79. The SMILES string of the molecule is N#Cc1c(N)[nH]c(=O)c(C#N)c1-c1cc(I)cc(C(=O)O)c1. The van der Waals surface area contributed by atoms with Gasteiger partial charge >= 0.3 is 5.97 Å². The molecule has 108 valence electrons. The molecule has 22 heavy (non-hydrogen) atoms. The van der Waals surface area contributed by atoms with Crippen molar-refractivity contribution in [3.8, 4) is 23.3 Å². The summed E-state index contributed by atoms with van der Waals surface area (Å²) in [6.07, 6.45) is 0. The van der Waals surface area contributed by atoms with Gasteiger partial charge in [0.1, 0.15) is 29.1 Å². The number of anilines is 1. The lowest BCUT2D eigenvalue weighted by atomic mass is 9.95. The van der Waals surface area contributed by atoms with Gasteiger partial charge in [-0.15, -0.1) is 0 Å². The second-order valence-corrected chi connectivity index (χ2v) is 5.50. The molecule has 0 amide bonds. The number of pyridine rings is 1. The minimum atomic E-state index is -1.16. The third kappa shape index (κ3) is 2.64. The maximum Gasteiger partial charge on any atom is 0.335 e. The number of hydrogen-bond acceptors (Lipinski definition) is 5. The zero-order valence-corrected chi connectivity index (χ0v) is 13.0. The first-order chi connectivity index (χ1) is 10.4. The molecule has 0 spiro atoms. The van der Waals surface area contributed by atoms with Crippen LogP contribution < -0.4 is 11.3 Å². The summed E-state index contributed by atoms with van der Waals surface area (Å²) in [7, 11) is 0. The summed E-state index contributed by atoms with van der Waals surface area (Å²) in [5.74, 6) is -1.33. The van der Waals surface area contributed by atoms with Gasteiger partial charge in [-0.05, 0) is 46.4 Å². The van der Waals surface area contributed by atoms with Crippen LogP contribution in [0.15, 0.2) is 23.0 Å². The van der Waals surface area contributed by atoms with Crippen molar-refractivity contribution in [3.05, 3.63) is 48.8 Å². The van der Waals surface area contributed by atoms with Crippen molar-refractivity contribution in [1.82, 2.24) is 4.98 Å². The number of carboxylic acid groups (broad SMARTS) is 1. The number of hydrogen-bond donors (Lipinski definition) is 3. The number of carboxylic acids is 1. The average Bonchev–Trinajstić information content (AvgIpc) is 2.45. The summed E-state index contributed by atoms with van der Waals surface area (Å²) in [6.45, 7) is 0. The molecule has 0 atom stereocenters. The van der Waals surface area contributed by atoms with Crippen molar-refractivity contribution in [2.45, 2.75) is 0 Å². The molecular weight excluding hydrogens is 399 g/mol. The van der Waals surface area contributed by atoms with E-state index < -0.39 is 11.5 Å². The number of rotatable bonds is 2. The van der Waals surface area contributed by atoms with Crippen LogP contribution in [0.4, 0.5) is 5.82 Å². The van der Waals surface area contributed by atoms with Gasteiger partial charge in [0.05, 0.1) is 5.56 Å². The fourth-order valence-electron chi connectivity index (χ4n) is 1.99. The number of nitriles is 2. The molecule has 2 rings (SSSR count). The Balaban J connectivity index is 2.95. The van der Waals surface area contributed by atoms with Crippen LogP contribution in [0.2, 0.25) is 0 Å². The Hall–Kier alpha value is -2.85. The Bertz CT molecular complexity index is 935. The summed E-state index contributed by atoms with van der Waals surface area (Å²) in [5, 5.41) is 27.5. The Morgan fingerprint density at radius 3 is 2.41 bits per heavy atom. The normalized spacial score (nSPS) is 9.77. The molecule has 1 aromatic carbocycles. The fourth-order valence-corrected chi connectivity index (χ4v) is 2.66. The van der Waals surface area contributed by atoms with Crippen molar-refractivity contribution in [1.29, 1.82) is 10.5 Å². The van der Waals surface area contributed by atoms with E-state index in [-0.39, 0.29) is 33.6 Å². The van der Waals surface area contributed by atoms with E-state index in [1.807, 2.05) is 28.7 Å². The molecule has 2 aromatic rings. The van der Waals surface area contributed by atoms with E-state index in [1.165, 1.54) is 12.1 Å². The lowest BCUT2D eigenvalue weighted by Crippen LogP contribution is -2.16. The van der Waals surface area contributed by atoms with Crippen molar-refractivity contribution in [3.63, 3.8) is 0 Å². The second kappa shape index (κ2) is 5.87. The van der Waals surface area contributed by atoms with Crippen molar-refractivity contribution in [2.24, 2.45) is 0 Å². The summed E-state index contributed by atoms with van der Waals surface area (Å²) >= 11 is 1.91. The minimum Gasteiger partial charge on any atom is -0.478 e. The van der Waals surface area contributed by atoms with E-state index in [9.17, 15) is 20.1 Å². The predicted octanol–water partition coefficient (Wildman–Crippen LogP) is 1.67. The number of benzene rings is 1. The van der Waals surface area contributed by atoms with Crippen LogP contribution in [0.25, 0.3) is 11.1 Å². The molecule has 0 saturated carbocycles. The van der Waals surface area contributed by atoms with Crippen LogP contribution in [0.5, 0.6) is 0 Å². The second-order valence-electron chi connectivity index (χ2n) is 4.25. The molecule has 0 aliphatic carbocycles. The van der Waals surface area contributed by atoms with Gasteiger partial charge in [-0.25, -0.2) is 4.79 Å². The van der Waals surface area contributed by atoms with E-state index in [1.54, 1.807) is 12.1 Å². The monoisotopic (exact) mass is 406 g/mol. The zero-order chi connectivity index (χ0) is 16.4. The maximum absolute atomic E-state index is 11.9. The number of nitrogens with two attached hydrogens (primary N) is 1. The highest BCUT2D eigenvalue weighted by molar-refractivity contribution is 14.1. The van der Waals surface area contributed by atoms with Crippen LogP contribution in [-0.4, -0.2) is 16.1 Å². The highest BCUT2D eigenvalue weighted by atomic mass is 127. The van der Waals surface area contributed by atoms with E-state index in [4.69, 9.17) is 10.8 Å². The summed E-state index contributed by atoms with van der Waals surface area (Å²) in [6, 6.07) is 7.86. The molecule has 1 heterocycles. The van der Waals surface area contributed by atoms with E-state index in [0.717, 1.165) is 0 Å². The highest BCUT2D eigenvalue weighted by Crippen LogP contribution is 2.30. The molecule has 0 bridgehead atoms. The maximum atomic E-state index is 11.9. The Labute approximate surface area is 137 Å². The van der Waals surface area contributed by atoms with Crippen molar-refractivity contribution >= 4 is 34.4 Å². The van der Waals surface area contributed by atoms with Gasteiger partial charge in [0.2, 0.25) is 0 Å². The van der Waals surface area contributed by atoms with E-state index in [2.05, 4.69) is 4.98 Å². The van der Waals surface area contributed by atoms with Gasteiger partial charge in [0.25, 0.3) is 5.56 Å². The number of nitrogens with zero attached hydrogens (tertiary/aromatic N) is 2. The number of aromatic nitrogens is 1. The summed E-state index contributed by atoms with van der Waals surface area (Å²) in [4.78, 5) is 25.2. The Morgan fingerprint density at radius 1 is 1.23 bits per heavy atom. The van der Waals surface area contributed by atoms with Crippen LogP contribution in [-0.2, 0) is 0 Å². The molecular formula is C14H7IN4O3. The number of H-pyrrole nitrogens is 1. The topological polar surface area (TPSA) is 144 Å². The zero-order valence-electron chi connectivity index (χ0n) is 10.8. The van der Waals surface area contributed by atoms with Crippen LogP contribution in [0.1, 0.15) is 21.5 Å². The van der Waals surface area contributed by atoms with Crippen molar-refractivity contribution in [2.75, 3.05) is 5.73 Å². The molecule has 0 saturated heterocycles. The number of nitrogens with one attached hydrogen (secondary N) is 1. The fraction of sp³-hybridized carbons (Fsp3) is 0. The highest BCUT2D eigenvalue weighted by Gasteiger charge is 2.19. The van der Waals surface area contributed by atoms with Gasteiger partial charge in [-0.2, -0.15) is 10.5 Å². The Morgan fingerprint density at radius 2 is 1.86 bits per heavy atom. The third-order valence-electron chi connectivity index (χ3n) is 2.90. The molecule has 8 heteroatoms. The predicted molar refractivity (Wildman–Crippen MR) is 86.0 cm³/mol. The smallest absolute Gasteiger partial charge is 0.335 e. The van der Waals surface area contributed by atoms with Gasteiger partial charge in [0.15, 0.2) is 0 Å². The number of aromatic amines is 1. The molecule has 0 unspecified atom stereocenters. The number of carbonyl (C=O) groups is 1. The lowest BCUT2D eigenvalue weighted by molar-refractivity contribution is 0.0697. The molecule has 0 aliphatic heterocycles. The van der Waals surface area contributed by atoms with Crippen LogP contribution in [0, 0.1) is 26.2 Å². The van der Waals surface area contributed by atoms with Crippen molar-refractivity contribution < 1.29 is 9.90 Å². The average molecular weight is 406 g/mol. The molecule has 0 aliphatic rings. The first-order valence-corrected chi connectivity index (χ1v) is 6.87. The Kier molecular flexibility index (Phi) is 4.15. The van der Waals surface area contributed by atoms with E-state index >= 15 is 0 Å². The number of aromatic carboxylic acids is 1. The number of nitrogen functional groups attached to an aromatic ring is 1. The largest absolute Gasteiger partial charge is 0.478 e. The van der Waals surface area contributed by atoms with Gasteiger partial charge < -0.3 is 15.8 Å². The molecule has 1 aromatic heterocycles. The molecule has 4 N–H and O–H groups in total.